The molecular weight excluding hydrogens is 290 g/mol. The Bertz CT molecular complexity index is 582. The van der Waals surface area contributed by atoms with Crippen LogP contribution in [0.25, 0.3) is 0 Å². The molecule has 2 rings (SSSR count). The quantitative estimate of drug-likeness (QED) is 0.798. The fourth-order valence-electron chi connectivity index (χ4n) is 2.51. The summed E-state index contributed by atoms with van der Waals surface area (Å²) in [5.41, 5.74) is 0.736. The first-order valence-electron chi connectivity index (χ1n) is 6.80. The summed E-state index contributed by atoms with van der Waals surface area (Å²) in [6, 6.07) is 5.80. The minimum absolute atomic E-state index is 0.0682. The highest BCUT2D eigenvalue weighted by Crippen LogP contribution is 2.23. The summed E-state index contributed by atoms with van der Waals surface area (Å²) in [5, 5.41) is 18.3. The number of ether oxygens (including phenoxy) is 1. The number of methoxy groups -OCH3 is 1. The summed E-state index contributed by atoms with van der Waals surface area (Å²) >= 11 is 0. The van der Waals surface area contributed by atoms with Crippen LogP contribution in [0.1, 0.15) is 12.0 Å². The topological polar surface area (TPSA) is 104 Å². The molecule has 1 amide bonds. The molecule has 7 heteroatoms. The lowest BCUT2D eigenvalue weighted by molar-refractivity contribution is -0.148. The summed E-state index contributed by atoms with van der Waals surface area (Å²) in [6.45, 7) is -0.0682. The van der Waals surface area contributed by atoms with Crippen molar-refractivity contribution >= 4 is 17.8 Å². The van der Waals surface area contributed by atoms with Crippen LogP contribution in [0.15, 0.2) is 24.3 Å². The van der Waals surface area contributed by atoms with Crippen LogP contribution in [0, 0.1) is 5.92 Å². The van der Waals surface area contributed by atoms with Gasteiger partial charge in [0.2, 0.25) is 5.91 Å². The second kappa shape index (κ2) is 6.46. The van der Waals surface area contributed by atoms with Crippen LogP contribution < -0.4 is 4.74 Å². The zero-order valence-electron chi connectivity index (χ0n) is 12.1. The number of rotatable bonds is 6. The minimum atomic E-state index is -1.14. The van der Waals surface area contributed by atoms with Gasteiger partial charge < -0.3 is 19.8 Å². The average molecular weight is 307 g/mol. The number of carboxylic acid groups (broad SMARTS) is 2. The third kappa shape index (κ3) is 3.36. The molecule has 1 heterocycles. The standard InChI is InChI=1S/C15H17NO6/c1-22-11-4-2-9(3-5-11)6-12(15(20)21)16-8-10(14(18)19)7-13(16)17/h2-5,10,12H,6-8H2,1H3,(H,18,19)(H,20,21)/t10?,12-/m0/s1. The molecule has 0 spiro atoms. The molecule has 118 valence electrons. The van der Waals surface area contributed by atoms with Gasteiger partial charge in [-0.2, -0.15) is 0 Å². The second-order valence-corrected chi connectivity index (χ2v) is 5.19. The van der Waals surface area contributed by atoms with E-state index in [1.54, 1.807) is 24.3 Å². The van der Waals surface area contributed by atoms with E-state index in [2.05, 4.69) is 0 Å². The van der Waals surface area contributed by atoms with Gasteiger partial charge in [-0.25, -0.2) is 4.79 Å². The van der Waals surface area contributed by atoms with E-state index in [-0.39, 0.29) is 19.4 Å². The number of likely N-dealkylation sites (tertiary alicyclic amines) is 1. The molecule has 0 aliphatic carbocycles. The van der Waals surface area contributed by atoms with Gasteiger partial charge in [0, 0.05) is 19.4 Å². The fourth-order valence-corrected chi connectivity index (χ4v) is 2.51. The number of benzene rings is 1. The molecule has 1 saturated heterocycles. The van der Waals surface area contributed by atoms with Crippen LogP contribution in [0.5, 0.6) is 5.75 Å². The van der Waals surface area contributed by atoms with E-state index in [9.17, 15) is 19.5 Å². The van der Waals surface area contributed by atoms with Crippen molar-refractivity contribution in [1.29, 1.82) is 0 Å². The number of hydrogen-bond donors (Lipinski definition) is 2. The minimum Gasteiger partial charge on any atom is -0.497 e. The summed E-state index contributed by atoms with van der Waals surface area (Å²) < 4.78 is 5.03. The molecule has 0 aromatic heterocycles. The molecule has 0 bridgehead atoms. The SMILES string of the molecule is COc1ccc(C[C@@H](C(=O)O)N2CC(C(=O)O)CC2=O)cc1. The van der Waals surface area contributed by atoms with E-state index in [1.807, 2.05) is 0 Å². The number of nitrogens with zero attached hydrogens (tertiary/aromatic N) is 1. The Labute approximate surface area is 127 Å². The fraction of sp³-hybridized carbons (Fsp3) is 0.400. The zero-order valence-corrected chi connectivity index (χ0v) is 12.1. The molecule has 1 unspecified atom stereocenters. The Balaban J connectivity index is 2.14. The summed E-state index contributed by atoms with van der Waals surface area (Å²) in [5.74, 6) is -2.85. The monoisotopic (exact) mass is 307 g/mol. The Morgan fingerprint density at radius 1 is 1.32 bits per heavy atom. The first-order chi connectivity index (χ1) is 10.4. The largest absolute Gasteiger partial charge is 0.497 e. The van der Waals surface area contributed by atoms with Crippen LogP contribution in [-0.4, -0.2) is 52.7 Å². The van der Waals surface area contributed by atoms with Crippen molar-refractivity contribution in [3.63, 3.8) is 0 Å². The van der Waals surface area contributed by atoms with Crippen molar-refractivity contribution in [3.8, 4) is 5.75 Å². The average Bonchev–Trinajstić information content (AvgIpc) is 2.87. The summed E-state index contributed by atoms with van der Waals surface area (Å²) in [7, 11) is 1.53. The lowest BCUT2D eigenvalue weighted by atomic mass is 10.0. The third-order valence-electron chi connectivity index (χ3n) is 3.76. The molecule has 22 heavy (non-hydrogen) atoms. The highest BCUT2D eigenvalue weighted by atomic mass is 16.5. The van der Waals surface area contributed by atoms with Gasteiger partial charge in [0.25, 0.3) is 0 Å². The molecule has 1 fully saturated rings. The number of carbonyl (C=O) groups is 3. The molecule has 2 atom stereocenters. The predicted molar refractivity (Wildman–Crippen MR) is 75.6 cm³/mol. The maximum absolute atomic E-state index is 11.9. The first kappa shape index (κ1) is 15.8. The smallest absolute Gasteiger partial charge is 0.326 e. The molecule has 0 saturated carbocycles. The van der Waals surface area contributed by atoms with Crippen LogP contribution in [0.2, 0.25) is 0 Å². The summed E-state index contributed by atoms with van der Waals surface area (Å²) in [4.78, 5) is 35.5. The molecular formula is C15H17NO6. The number of carboxylic acids is 2. The lowest BCUT2D eigenvalue weighted by Crippen LogP contribution is -2.44. The van der Waals surface area contributed by atoms with Gasteiger partial charge in [0.1, 0.15) is 11.8 Å². The molecule has 1 aromatic carbocycles. The molecule has 1 aliphatic rings. The number of aliphatic carboxylic acids is 2. The Morgan fingerprint density at radius 2 is 1.95 bits per heavy atom. The maximum Gasteiger partial charge on any atom is 0.326 e. The second-order valence-electron chi connectivity index (χ2n) is 5.19. The van der Waals surface area contributed by atoms with E-state index in [0.29, 0.717) is 5.75 Å². The highest BCUT2D eigenvalue weighted by Gasteiger charge is 2.40. The molecule has 2 N–H and O–H groups in total. The third-order valence-corrected chi connectivity index (χ3v) is 3.76. The molecule has 1 aromatic rings. The van der Waals surface area contributed by atoms with Gasteiger partial charge in [-0.3, -0.25) is 9.59 Å². The van der Waals surface area contributed by atoms with Gasteiger partial charge in [-0.15, -0.1) is 0 Å². The van der Waals surface area contributed by atoms with Gasteiger partial charge >= 0.3 is 11.9 Å². The molecule has 1 aliphatic heterocycles. The zero-order chi connectivity index (χ0) is 16.3. The van der Waals surface area contributed by atoms with Gasteiger partial charge in [-0.1, -0.05) is 12.1 Å². The van der Waals surface area contributed by atoms with E-state index < -0.39 is 29.8 Å². The molecule has 0 radical (unpaired) electrons. The Morgan fingerprint density at radius 3 is 2.41 bits per heavy atom. The number of hydrogen-bond acceptors (Lipinski definition) is 4. The lowest BCUT2D eigenvalue weighted by Gasteiger charge is -2.24. The van der Waals surface area contributed by atoms with E-state index in [0.717, 1.165) is 10.5 Å². The van der Waals surface area contributed by atoms with Crippen LogP contribution in [0.4, 0.5) is 0 Å². The Hall–Kier alpha value is -2.57. The van der Waals surface area contributed by atoms with Crippen molar-refractivity contribution in [2.24, 2.45) is 5.92 Å². The van der Waals surface area contributed by atoms with E-state index in [4.69, 9.17) is 9.84 Å². The summed E-state index contributed by atoms with van der Waals surface area (Å²) in [6.07, 6.45) is -0.0286. The molecule has 7 nitrogen and oxygen atoms in total. The van der Waals surface area contributed by atoms with Gasteiger partial charge in [0.15, 0.2) is 0 Å². The van der Waals surface area contributed by atoms with Crippen LogP contribution in [-0.2, 0) is 20.8 Å². The van der Waals surface area contributed by atoms with Crippen molar-refractivity contribution in [1.82, 2.24) is 4.90 Å². The Kier molecular flexibility index (Phi) is 4.65. The normalized spacial score (nSPS) is 19.0. The predicted octanol–water partition coefficient (Wildman–Crippen LogP) is 0.624. The number of carbonyl (C=O) groups excluding carboxylic acids is 1. The van der Waals surface area contributed by atoms with Crippen molar-refractivity contribution in [3.05, 3.63) is 29.8 Å². The van der Waals surface area contributed by atoms with Crippen molar-refractivity contribution in [2.45, 2.75) is 18.9 Å². The van der Waals surface area contributed by atoms with Gasteiger partial charge in [-0.05, 0) is 17.7 Å². The number of amides is 1. The first-order valence-corrected chi connectivity index (χ1v) is 6.80. The van der Waals surface area contributed by atoms with E-state index >= 15 is 0 Å². The van der Waals surface area contributed by atoms with E-state index in [1.165, 1.54) is 7.11 Å². The van der Waals surface area contributed by atoms with Crippen molar-refractivity contribution < 1.29 is 29.3 Å². The van der Waals surface area contributed by atoms with Crippen molar-refractivity contribution in [2.75, 3.05) is 13.7 Å². The van der Waals surface area contributed by atoms with Crippen LogP contribution >= 0.6 is 0 Å². The maximum atomic E-state index is 11.9. The highest BCUT2D eigenvalue weighted by molar-refractivity contribution is 5.89. The van der Waals surface area contributed by atoms with Crippen LogP contribution in [0.3, 0.4) is 0 Å². The van der Waals surface area contributed by atoms with Gasteiger partial charge in [0.05, 0.1) is 13.0 Å².